The first kappa shape index (κ1) is 24.9. The van der Waals surface area contributed by atoms with Gasteiger partial charge in [-0.15, -0.1) is 0 Å². The molecule has 0 saturated carbocycles. The van der Waals surface area contributed by atoms with Gasteiger partial charge in [0, 0.05) is 35.9 Å². The van der Waals surface area contributed by atoms with Crippen molar-refractivity contribution in [2.45, 2.75) is 45.6 Å². The molecule has 0 aliphatic carbocycles. The zero-order valence-corrected chi connectivity index (χ0v) is 20.9. The lowest BCUT2D eigenvalue weighted by Crippen LogP contribution is -2.37. The van der Waals surface area contributed by atoms with Gasteiger partial charge in [-0.25, -0.2) is 0 Å². The van der Waals surface area contributed by atoms with E-state index < -0.39 is 0 Å². The molecule has 0 atom stereocenters. The summed E-state index contributed by atoms with van der Waals surface area (Å²) < 4.78 is 5.61. The Balaban J connectivity index is 1.67. The Morgan fingerprint density at radius 2 is 1.89 bits per heavy atom. The maximum atomic E-state index is 13.7. The second-order valence-corrected chi connectivity index (χ2v) is 9.34. The number of halogens is 1. The number of anilines is 2. The van der Waals surface area contributed by atoms with Gasteiger partial charge < -0.3 is 19.5 Å². The second-order valence-electron chi connectivity index (χ2n) is 8.90. The molecule has 1 fully saturated rings. The molecule has 2 aromatic carbocycles. The minimum atomic E-state index is -0.268. The number of amides is 2. The minimum absolute atomic E-state index is 0.000465. The van der Waals surface area contributed by atoms with Crippen molar-refractivity contribution in [2.75, 3.05) is 29.9 Å². The van der Waals surface area contributed by atoms with Gasteiger partial charge in [0.1, 0.15) is 5.76 Å². The molecular formula is C28H32ClN3O3. The van der Waals surface area contributed by atoms with Crippen molar-refractivity contribution in [1.82, 2.24) is 4.90 Å². The largest absolute Gasteiger partial charge is 0.467 e. The fourth-order valence-corrected chi connectivity index (χ4v) is 4.58. The van der Waals surface area contributed by atoms with E-state index in [0.717, 1.165) is 63.2 Å². The van der Waals surface area contributed by atoms with Gasteiger partial charge in [0.15, 0.2) is 0 Å². The molecule has 35 heavy (non-hydrogen) atoms. The molecule has 1 aliphatic rings. The number of hydrogen-bond acceptors (Lipinski definition) is 4. The third kappa shape index (κ3) is 6.45. The van der Waals surface area contributed by atoms with Crippen LogP contribution >= 0.6 is 11.6 Å². The lowest BCUT2D eigenvalue weighted by Gasteiger charge is -2.31. The lowest BCUT2D eigenvalue weighted by molar-refractivity contribution is 0.0724. The molecule has 2 amide bonds. The fraction of sp³-hybridized carbons (Fsp3) is 0.357. The van der Waals surface area contributed by atoms with Crippen molar-refractivity contribution in [1.29, 1.82) is 0 Å². The topological polar surface area (TPSA) is 65.8 Å². The summed E-state index contributed by atoms with van der Waals surface area (Å²) in [6.07, 6.45) is 6.87. The van der Waals surface area contributed by atoms with Gasteiger partial charge in [0.2, 0.25) is 0 Å². The smallest absolute Gasteiger partial charge is 0.256 e. The molecule has 1 N–H and O–H groups in total. The number of rotatable bonds is 9. The highest BCUT2D eigenvalue weighted by Crippen LogP contribution is 2.29. The van der Waals surface area contributed by atoms with Crippen LogP contribution in [0.4, 0.5) is 11.4 Å². The standard InChI is InChI=1S/C28H32ClN3O3/c1-2-3-14-32(20-24-11-8-17-35-24)26-13-12-23(30-27(33)21-9-7-10-22(29)18-21)19-25(26)28(34)31-15-5-4-6-16-31/h7-13,17-19H,2-6,14-16,20H2,1H3,(H,30,33). The van der Waals surface area contributed by atoms with Crippen molar-refractivity contribution in [3.05, 3.63) is 82.8 Å². The molecule has 7 heteroatoms. The maximum Gasteiger partial charge on any atom is 0.256 e. The third-order valence-electron chi connectivity index (χ3n) is 6.26. The van der Waals surface area contributed by atoms with E-state index in [0.29, 0.717) is 28.4 Å². The number of nitrogens with zero attached hydrogens (tertiary/aromatic N) is 2. The van der Waals surface area contributed by atoms with Crippen LogP contribution < -0.4 is 10.2 Å². The van der Waals surface area contributed by atoms with Gasteiger partial charge in [0.05, 0.1) is 24.1 Å². The predicted octanol–water partition coefficient (Wildman–Crippen LogP) is 6.62. The third-order valence-corrected chi connectivity index (χ3v) is 6.50. The van der Waals surface area contributed by atoms with Gasteiger partial charge >= 0.3 is 0 Å². The molecule has 0 bridgehead atoms. The Labute approximate surface area is 211 Å². The van der Waals surface area contributed by atoms with Crippen molar-refractivity contribution in [3.63, 3.8) is 0 Å². The van der Waals surface area contributed by atoms with E-state index in [1.54, 1.807) is 36.6 Å². The first-order valence-electron chi connectivity index (χ1n) is 12.3. The molecule has 1 aromatic heterocycles. The molecule has 2 heterocycles. The SMILES string of the molecule is CCCCN(Cc1ccco1)c1ccc(NC(=O)c2cccc(Cl)c2)cc1C(=O)N1CCCCC1. The van der Waals surface area contributed by atoms with Crippen LogP contribution in [0.15, 0.2) is 65.3 Å². The van der Waals surface area contributed by atoms with Crippen LogP contribution in [0.5, 0.6) is 0 Å². The first-order valence-corrected chi connectivity index (χ1v) is 12.7. The van der Waals surface area contributed by atoms with E-state index >= 15 is 0 Å². The molecule has 6 nitrogen and oxygen atoms in total. The Morgan fingerprint density at radius 3 is 2.60 bits per heavy atom. The summed E-state index contributed by atoms with van der Waals surface area (Å²) in [7, 11) is 0. The number of likely N-dealkylation sites (tertiary alicyclic amines) is 1. The van der Waals surface area contributed by atoms with Crippen molar-refractivity contribution < 1.29 is 14.0 Å². The van der Waals surface area contributed by atoms with E-state index in [1.807, 2.05) is 29.2 Å². The van der Waals surface area contributed by atoms with Crippen LogP contribution in [0.3, 0.4) is 0 Å². The molecule has 0 radical (unpaired) electrons. The average molecular weight is 494 g/mol. The Bertz CT molecular complexity index is 1140. The quantitative estimate of drug-likeness (QED) is 0.364. The van der Waals surface area contributed by atoms with Crippen molar-refractivity contribution >= 4 is 34.8 Å². The van der Waals surface area contributed by atoms with Gasteiger partial charge in [-0.05, 0) is 74.2 Å². The van der Waals surface area contributed by atoms with Gasteiger partial charge in [-0.2, -0.15) is 0 Å². The predicted molar refractivity (Wildman–Crippen MR) is 140 cm³/mol. The number of piperidine rings is 1. The average Bonchev–Trinajstić information content (AvgIpc) is 3.40. The summed E-state index contributed by atoms with van der Waals surface area (Å²) in [5, 5.41) is 3.43. The van der Waals surface area contributed by atoms with Crippen molar-refractivity contribution in [2.24, 2.45) is 0 Å². The van der Waals surface area contributed by atoms with Gasteiger partial charge in [-0.1, -0.05) is 31.0 Å². The summed E-state index contributed by atoms with van der Waals surface area (Å²) in [4.78, 5) is 30.7. The molecule has 184 valence electrons. The molecule has 0 unspecified atom stereocenters. The van der Waals surface area contributed by atoms with E-state index in [2.05, 4.69) is 17.1 Å². The highest BCUT2D eigenvalue weighted by Gasteiger charge is 2.24. The summed E-state index contributed by atoms with van der Waals surface area (Å²) in [6, 6.07) is 16.2. The summed E-state index contributed by atoms with van der Waals surface area (Å²) in [5.41, 5.74) is 2.49. The number of hydrogen-bond donors (Lipinski definition) is 1. The van der Waals surface area contributed by atoms with Gasteiger partial charge in [0.25, 0.3) is 11.8 Å². The molecular weight excluding hydrogens is 462 g/mol. The van der Waals surface area contributed by atoms with Crippen LogP contribution in [0.2, 0.25) is 5.02 Å². The van der Waals surface area contributed by atoms with Gasteiger partial charge in [-0.3, -0.25) is 9.59 Å². The molecule has 1 saturated heterocycles. The number of carbonyl (C=O) groups is 2. The summed E-state index contributed by atoms with van der Waals surface area (Å²) in [5.74, 6) is 0.574. The number of benzene rings is 2. The highest BCUT2D eigenvalue weighted by atomic mass is 35.5. The zero-order valence-electron chi connectivity index (χ0n) is 20.1. The van der Waals surface area contributed by atoms with Crippen molar-refractivity contribution in [3.8, 4) is 0 Å². The van der Waals surface area contributed by atoms with Crippen LogP contribution in [-0.4, -0.2) is 36.3 Å². The Kier molecular flexibility index (Phi) is 8.48. The van der Waals surface area contributed by atoms with Crippen LogP contribution in [0.1, 0.15) is 65.5 Å². The molecule has 1 aliphatic heterocycles. The van der Waals surface area contributed by atoms with Crippen LogP contribution in [-0.2, 0) is 6.54 Å². The minimum Gasteiger partial charge on any atom is -0.467 e. The first-order chi connectivity index (χ1) is 17.0. The molecule has 4 rings (SSSR count). The maximum absolute atomic E-state index is 13.7. The number of nitrogens with one attached hydrogen (secondary N) is 1. The Morgan fingerprint density at radius 1 is 1.06 bits per heavy atom. The van der Waals surface area contributed by atoms with E-state index in [4.69, 9.17) is 16.0 Å². The van der Waals surface area contributed by atoms with Crippen LogP contribution in [0.25, 0.3) is 0 Å². The number of carbonyl (C=O) groups excluding carboxylic acids is 2. The normalized spacial score (nSPS) is 13.5. The second kappa shape index (κ2) is 11.9. The highest BCUT2D eigenvalue weighted by molar-refractivity contribution is 6.31. The number of furan rings is 1. The number of unbranched alkanes of at least 4 members (excludes halogenated alkanes) is 1. The molecule has 3 aromatic rings. The fourth-order valence-electron chi connectivity index (χ4n) is 4.39. The molecule has 0 spiro atoms. The lowest BCUT2D eigenvalue weighted by atomic mass is 10.1. The van der Waals surface area contributed by atoms with E-state index in [9.17, 15) is 9.59 Å². The van der Waals surface area contributed by atoms with E-state index in [-0.39, 0.29) is 11.8 Å². The van der Waals surface area contributed by atoms with Crippen LogP contribution in [0, 0.1) is 0 Å². The van der Waals surface area contributed by atoms with E-state index in [1.165, 1.54) is 0 Å². The summed E-state index contributed by atoms with van der Waals surface area (Å²) in [6.45, 7) is 5.03. The Hall–Kier alpha value is -3.25. The zero-order chi connectivity index (χ0) is 24.6. The monoisotopic (exact) mass is 493 g/mol. The summed E-state index contributed by atoms with van der Waals surface area (Å²) >= 11 is 6.06.